The van der Waals surface area contributed by atoms with Crippen molar-refractivity contribution >= 4 is 43.6 Å². The number of para-hydroxylation sites is 2. The minimum absolute atomic E-state index is 0.637. The third-order valence-corrected chi connectivity index (χ3v) is 10.2. The molecule has 0 radical (unpaired) electrons. The van der Waals surface area contributed by atoms with E-state index in [2.05, 4.69) is 125 Å². The van der Waals surface area contributed by atoms with Crippen LogP contribution in [-0.2, 0) is 6.54 Å². The fourth-order valence-electron chi connectivity index (χ4n) is 7.73. The Morgan fingerprint density at radius 3 is 1.46 bits per heavy atom. The van der Waals surface area contributed by atoms with Gasteiger partial charge in [-0.1, -0.05) is 121 Å². The van der Waals surface area contributed by atoms with Crippen LogP contribution in [0.4, 0.5) is 0 Å². The van der Waals surface area contributed by atoms with Crippen molar-refractivity contribution in [2.45, 2.75) is 13.5 Å². The molecule has 0 bridgehead atoms. The molecule has 10 rings (SSSR count). The molecule has 52 heavy (non-hydrogen) atoms. The first-order chi connectivity index (χ1) is 25.7. The SMILES string of the molecule is CCn1c2ccccc2c2cc(-c3ccc4c(c3)c3ccccc3n4-c3cccc(-c4nc(-c5ccccc5)nc(-c5ccccc5)n4)c3)ccc21. The molecule has 3 aromatic heterocycles. The number of rotatable bonds is 6. The lowest BCUT2D eigenvalue weighted by molar-refractivity contribution is 0.827. The van der Waals surface area contributed by atoms with Crippen LogP contribution in [0, 0.1) is 0 Å². The molecule has 0 saturated carbocycles. The Labute approximate surface area is 301 Å². The van der Waals surface area contributed by atoms with Gasteiger partial charge in [0.25, 0.3) is 0 Å². The molecule has 5 heteroatoms. The van der Waals surface area contributed by atoms with E-state index in [9.17, 15) is 0 Å². The van der Waals surface area contributed by atoms with Gasteiger partial charge in [0.1, 0.15) is 0 Å². The van der Waals surface area contributed by atoms with E-state index in [1.165, 1.54) is 43.7 Å². The van der Waals surface area contributed by atoms with E-state index in [4.69, 9.17) is 15.0 Å². The van der Waals surface area contributed by atoms with Gasteiger partial charge in [0.2, 0.25) is 0 Å². The predicted octanol–water partition coefficient (Wildman–Crippen LogP) is 11.8. The molecule has 0 N–H and O–H groups in total. The second kappa shape index (κ2) is 12.2. The van der Waals surface area contributed by atoms with Crippen molar-refractivity contribution in [3.05, 3.63) is 170 Å². The van der Waals surface area contributed by atoms with Crippen LogP contribution in [0.3, 0.4) is 0 Å². The van der Waals surface area contributed by atoms with Crippen molar-refractivity contribution in [1.29, 1.82) is 0 Å². The Bertz CT molecular complexity index is 2880. The zero-order valence-electron chi connectivity index (χ0n) is 28.6. The van der Waals surface area contributed by atoms with Gasteiger partial charge in [-0.2, -0.15) is 0 Å². The summed E-state index contributed by atoms with van der Waals surface area (Å²) in [4.78, 5) is 14.9. The molecule has 0 amide bonds. The van der Waals surface area contributed by atoms with Gasteiger partial charge in [0, 0.05) is 61.5 Å². The summed E-state index contributed by atoms with van der Waals surface area (Å²) < 4.78 is 4.76. The zero-order valence-corrected chi connectivity index (χ0v) is 28.6. The smallest absolute Gasteiger partial charge is 0.164 e. The van der Waals surface area contributed by atoms with Crippen molar-refractivity contribution in [3.63, 3.8) is 0 Å². The van der Waals surface area contributed by atoms with Crippen LogP contribution in [0.25, 0.3) is 94.6 Å². The molecule has 0 unspecified atom stereocenters. The Morgan fingerprint density at radius 1 is 0.365 bits per heavy atom. The summed E-state index contributed by atoms with van der Waals surface area (Å²) in [5, 5.41) is 5.01. The van der Waals surface area contributed by atoms with Crippen molar-refractivity contribution in [1.82, 2.24) is 24.1 Å². The van der Waals surface area contributed by atoms with Crippen molar-refractivity contribution < 1.29 is 0 Å². The van der Waals surface area contributed by atoms with Crippen LogP contribution in [-0.4, -0.2) is 24.1 Å². The van der Waals surface area contributed by atoms with E-state index in [1.54, 1.807) is 0 Å². The third-order valence-electron chi connectivity index (χ3n) is 10.2. The lowest BCUT2D eigenvalue weighted by Gasteiger charge is -2.12. The number of benzene rings is 7. The van der Waals surface area contributed by atoms with Gasteiger partial charge in [-0.05, 0) is 66.6 Å². The second-order valence-corrected chi connectivity index (χ2v) is 13.2. The van der Waals surface area contributed by atoms with Gasteiger partial charge in [0.15, 0.2) is 17.5 Å². The molecule has 3 heterocycles. The number of hydrogen-bond donors (Lipinski definition) is 0. The molecular weight excluding hydrogens is 635 g/mol. The molecular formula is C47H33N5. The Hall–Kier alpha value is -6.85. The maximum atomic E-state index is 5.01. The molecule has 0 spiro atoms. The monoisotopic (exact) mass is 667 g/mol. The molecule has 10 aromatic rings. The number of aromatic nitrogens is 5. The van der Waals surface area contributed by atoms with E-state index in [0.717, 1.165) is 40.0 Å². The minimum Gasteiger partial charge on any atom is -0.341 e. The van der Waals surface area contributed by atoms with Crippen molar-refractivity contribution in [2.75, 3.05) is 0 Å². The van der Waals surface area contributed by atoms with Gasteiger partial charge in [-0.3, -0.25) is 0 Å². The van der Waals surface area contributed by atoms with Gasteiger partial charge >= 0.3 is 0 Å². The molecule has 0 atom stereocenters. The quantitative estimate of drug-likeness (QED) is 0.177. The van der Waals surface area contributed by atoms with Gasteiger partial charge in [-0.15, -0.1) is 0 Å². The largest absolute Gasteiger partial charge is 0.341 e. The second-order valence-electron chi connectivity index (χ2n) is 13.2. The summed E-state index contributed by atoms with van der Waals surface area (Å²) >= 11 is 0. The van der Waals surface area contributed by atoms with Crippen molar-refractivity contribution in [3.8, 4) is 51.0 Å². The normalized spacial score (nSPS) is 11.6. The highest BCUT2D eigenvalue weighted by Gasteiger charge is 2.17. The Kier molecular flexibility index (Phi) is 7.03. The van der Waals surface area contributed by atoms with E-state index in [-0.39, 0.29) is 0 Å². The summed E-state index contributed by atoms with van der Waals surface area (Å²) in [6, 6.07) is 59.9. The standard InChI is InChI=1S/C47H33N5/c1-2-51-41-22-11-9-20-37(41)39-29-33(24-26-42(39)51)34-25-27-44-40(30-34)38-21-10-12-23-43(38)52(44)36-19-13-18-35(28-36)47-49-45(31-14-5-3-6-15-31)48-46(50-47)32-16-7-4-8-17-32/h3-30H,2H2,1H3. The van der Waals surface area contributed by atoms with Crippen LogP contribution in [0.15, 0.2) is 170 Å². The lowest BCUT2D eigenvalue weighted by atomic mass is 10.0. The minimum atomic E-state index is 0.637. The number of fused-ring (bicyclic) bond motifs is 6. The van der Waals surface area contributed by atoms with Crippen LogP contribution >= 0.6 is 0 Å². The number of hydrogen-bond acceptors (Lipinski definition) is 3. The van der Waals surface area contributed by atoms with E-state index >= 15 is 0 Å². The maximum absolute atomic E-state index is 5.01. The average Bonchev–Trinajstić information content (AvgIpc) is 3.73. The van der Waals surface area contributed by atoms with Gasteiger partial charge in [0.05, 0.1) is 11.0 Å². The summed E-state index contributed by atoms with van der Waals surface area (Å²) in [5.41, 5.74) is 11.1. The first-order valence-electron chi connectivity index (χ1n) is 17.8. The first kappa shape index (κ1) is 30.0. The molecule has 0 saturated heterocycles. The Balaban J connectivity index is 1.12. The van der Waals surface area contributed by atoms with E-state index in [0.29, 0.717) is 17.5 Å². The van der Waals surface area contributed by atoms with E-state index in [1.807, 2.05) is 60.7 Å². The summed E-state index contributed by atoms with van der Waals surface area (Å²) in [5.74, 6) is 1.94. The summed E-state index contributed by atoms with van der Waals surface area (Å²) in [7, 11) is 0. The van der Waals surface area contributed by atoms with Gasteiger partial charge in [-0.25, -0.2) is 15.0 Å². The molecule has 7 aromatic carbocycles. The molecule has 0 aliphatic carbocycles. The zero-order chi connectivity index (χ0) is 34.6. The van der Waals surface area contributed by atoms with E-state index < -0.39 is 0 Å². The average molecular weight is 668 g/mol. The topological polar surface area (TPSA) is 48.5 Å². The molecule has 5 nitrogen and oxygen atoms in total. The first-order valence-corrected chi connectivity index (χ1v) is 17.8. The fourth-order valence-corrected chi connectivity index (χ4v) is 7.73. The Morgan fingerprint density at radius 2 is 0.827 bits per heavy atom. The highest BCUT2D eigenvalue weighted by atomic mass is 15.0. The molecule has 246 valence electrons. The van der Waals surface area contributed by atoms with Crippen LogP contribution in [0.5, 0.6) is 0 Å². The maximum Gasteiger partial charge on any atom is 0.164 e. The summed E-state index contributed by atoms with van der Waals surface area (Å²) in [6.07, 6.45) is 0. The summed E-state index contributed by atoms with van der Waals surface area (Å²) in [6.45, 7) is 3.15. The molecule has 0 aliphatic heterocycles. The van der Waals surface area contributed by atoms with Crippen molar-refractivity contribution in [2.24, 2.45) is 0 Å². The fraction of sp³-hybridized carbons (Fsp3) is 0.0426. The lowest BCUT2D eigenvalue weighted by Crippen LogP contribution is -2.01. The van der Waals surface area contributed by atoms with Crippen LogP contribution < -0.4 is 0 Å². The molecule has 0 fully saturated rings. The number of nitrogens with zero attached hydrogens (tertiary/aromatic N) is 5. The highest BCUT2D eigenvalue weighted by molar-refractivity contribution is 6.12. The highest BCUT2D eigenvalue weighted by Crippen LogP contribution is 2.38. The third kappa shape index (κ3) is 4.89. The predicted molar refractivity (Wildman–Crippen MR) is 215 cm³/mol. The number of aryl methyl sites for hydroxylation is 1. The molecule has 0 aliphatic rings. The van der Waals surface area contributed by atoms with Crippen LogP contribution in [0.1, 0.15) is 6.92 Å². The van der Waals surface area contributed by atoms with Crippen LogP contribution in [0.2, 0.25) is 0 Å². The van der Waals surface area contributed by atoms with Gasteiger partial charge < -0.3 is 9.13 Å².